The van der Waals surface area contributed by atoms with Crippen LogP contribution in [0.15, 0.2) is 48.5 Å². The Kier molecular flexibility index (Phi) is 6.72. The zero-order valence-corrected chi connectivity index (χ0v) is 22.1. The molecule has 8 heteroatoms. The van der Waals surface area contributed by atoms with Gasteiger partial charge in [0.15, 0.2) is 0 Å². The van der Waals surface area contributed by atoms with Gasteiger partial charge < -0.3 is 0 Å². The summed E-state index contributed by atoms with van der Waals surface area (Å²) < 4.78 is 95.0. The van der Waals surface area contributed by atoms with Gasteiger partial charge in [0.1, 0.15) is 0 Å². The average molecular weight is 553 g/mol. The number of hydrogen-bond acceptors (Lipinski definition) is 2. The monoisotopic (exact) mass is 552 g/mol. The molecule has 2 aromatic carbocycles. The second-order valence-electron chi connectivity index (χ2n) is 9.47. The molecule has 2 heterocycles. The molecule has 0 atom stereocenters. The summed E-state index contributed by atoms with van der Waals surface area (Å²) in [6.07, 6.45) is 3.45. The summed E-state index contributed by atoms with van der Waals surface area (Å²) in [5.74, 6) is -15.7. The van der Waals surface area contributed by atoms with Crippen molar-refractivity contribution in [2.75, 3.05) is 0 Å². The normalized spacial score (nSPS) is 18.4. The number of benzene rings is 2. The molecule has 5 rings (SSSR count). The van der Waals surface area contributed by atoms with E-state index < -0.39 is 28.9 Å². The van der Waals surface area contributed by atoms with Crippen molar-refractivity contribution in [1.82, 2.24) is 0 Å². The van der Waals surface area contributed by atoms with Crippen LogP contribution in [0.2, 0.25) is 0 Å². The summed E-state index contributed by atoms with van der Waals surface area (Å²) in [6, 6.07) is 13.3. The molecule has 0 amide bonds. The van der Waals surface area contributed by atoms with E-state index >= 15 is 26.3 Å². The van der Waals surface area contributed by atoms with Gasteiger partial charge in [-0.25, -0.2) is 0 Å². The number of aryl methyl sites for hydroxylation is 2. The third kappa shape index (κ3) is 3.85. The van der Waals surface area contributed by atoms with Crippen molar-refractivity contribution in [2.24, 2.45) is 0 Å². The third-order valence-electron chi connectivity index (χ3n) is 7.02. The number of alkyl halides is 6. The van der Waals surface area contributed by atoms with Gasteiger partial charge in [0.2, 0.25) is 0 Å². The molecule has 196 valence electrons. The van der Waals surface area contributed by atoms with E-state index in [4.69, 9.17) is 0 Å². The Morgan fingerprint density at radius 2 is 0.973 bits per heavy atom. The van der Waals surface area contributed by atoms with Gasteiger partial charge in [0, 0.05) is 52.2 Å². The summed E-state index contributed by atoms with van der Waals surface area (Å²) in [6.45, 7) is 3.86. The Labute approximate surface area is 219 Å². The number of unbranched alkanes of at least 4 members (excludes halogenated alkanes) is 2. The van der Waals surface area contributed by atoms with Crippen LogP contribution in [0.25, 0.3) is 31.3 Å². The summed E-state index contributed by atoms with van der Waals surface area (Å²) >= 11 is 2.44. The molecule has 0 nitrogen and oxygen atoms in total. The van der Waals surface area contributed by atoms with Crippen molar-refractivity contribution in [3.05, 3.63) is 69.4 Å². The van der Waals surface area contributed by atoms with E-state index in [-0.39, 0.29) is 11.1 Å². The molecule has 0 N–H and O–H groups in total. The van der Waals surface area contributed by atoms with E-state index in [0.717, 1.165) is 12.8 Å². The first kappa shape index (κ1) is 26.3. The van der Waals surface area contributed by atoms with Crippen molar-refractivity contribution >= 4 is 54.0 Å². The first-order chi connectivity index (χ1) is 17.6. The van der Waals surface area contributed by atoms with E-state index in [1.54, 1.807) is 48.5 Å². The zero-order valence-electron chi connectivity index (χ0n) is 20.4. The Bertz CT molecular complexity index is 1380. The highest BCUT2D eigenvalue weighted by molar-refractivity contribution is 7.19. The smallest absolute Gasteiger partial charge is 0.194 e. The lowest BCUT2D eigenvalue weighted by molar-refractivity contribution is -0.254. The van der Waals surface area contributed by atoms with Crippen molar-refractivity contribution in [3.8, 4) is 0 Å². The summed E-state index contributed by atoms with van der Waals surface area (Å²) in [4.78, 5) is 0.886. The third-order valence-corrected chi connectivity index (χ3v) is 9.48. The predicted octanol–water partition coefficient (Wildman–Crippen LogP) is 10.6. The number of allylic oxidation sites excluding steroid dienone is 2. The van der Waals surface area contributed by atoms with Crippen LogP contribution in [-0.4, -0.2) is 17.8 Å². The molecular weight excluding hydrogens is 526 g/mol. The lowest BCUT2D eigenvalue weighted by atomic mass is 9.90. The van der Waals surface area contributed by atoms with Crippen LogP contribution < -0.4 is 0 Å². The molecule has 1 aliphatic carbocycles. The van der Waals surface area contributed by atoms with Crippen LogP contribution in [0, 0.1) is 0 Å². The predicted molar refractivity (Wildman–Crippen MR) is 143 cm³/mol. The minimum atomic E-state index is -5.57. The lowest BCUT2D eigenvalue weighted by Crippen LogP contribution is -2.49. The first-order valence-electron chi connectivity index (χ1n) is 12.5. The second kappa shape index (κ2) is 9.45. The molecule has 0 bridgehead atoms. The van der Waals surface area contributed by atoms with Crippen molar-refractivity contribution in [2.45, 2.75) is 70.1 Å². The van der Waals surface area contributed by atoms with Crippen LogP contribution >= 0.6 is 22.7 Å². The Balaban J connectivity index is 1.95. The van der Waals surface area contributed by atoms with E-state index in [1.807, 2.05) is 13.8 Å². The lowest BCUT2D eigenvalue weighted by Gasteiger charge is -2.26. The number of fused-ring (bicyclic) bond motifs is 2. The molecule has 0 unspecified atom stereocenters. The van der Waals surface area contributed by atoms with Crippen LogP contribution in [0.3, 0.4) is 0 Å². The summed E-state index contributed by atoms with van der Waals surface area (Å²) in [5, 5.41) is 0.628. The van der Waals surface area contributed by atoms with Gasteiger partial charge in [-0.05, 0) is 37.8 Å². The van der Waals surface area contributed by atoms with E-state index in [9.17, 15) is 0 Å². The molecule has 37 heavy (non-hydrogen) atoms. The molecule has 2 aromatic heterocycles. The Morgan fingerprint density at radius 1 is 0.595 bits per heavy atom. The minimum Gasteiger partial charge on any atom is -0.194 e. The highest BCUT2D eigenvalue weighted by atomic mass is 32.1. The van der Waals surface area contributed by atoms with Crippen LogP contribution in [0.1, 0.15) is 60.4 Å². The number of halogens is 6. The second-order valence-corrected chi connectivity index (χ2v) is 11.7. The standard InChI is InChI=1S/C29H26F6S2/c1-3-5-13-21-23(17-11-7-9-15-19(17)36-21)25-26(28(32,33)29(34,35)27(25,30)31)24-18-12-8-10-16-20(18)37-22(24)14-6-4-2/h7-12,15-16H,3-6,13-14H2,1-2H3. The van der Waals surface area contributed by atoms with E-state index in [1.165, 1.54) is 22.7 Å². The quantitative estimate of drug-likeness (QED) is 0.191. The maximum Gasteiger partial charge on any atom is 0.380 e. The molecule has 0 fully saturated rings. The number of rotatable bonds is 8. The SMILES string of the molecule is CCCCc1sc2ccccc2c1C1=C(c2c(CCCC)sc3ccccc23)C(F)(F)C(F)(F)C1(F)F. The van der Waals surface area contributed by atoms with Gasteiger partial charge in [0.05, 0.1) is 0 Å². The molecular formula is C29H26F6S2. The van der Waals surface area contributed by atoms with Crippen molar-refractivity contribution < 1.29 is 26.3 Å². The van der Waals surface area contributed by atoms with E-state index in [0.29, 0.717) is 55.6 Å². The fourth-order valence-corrected chi connectivity index (χ4v) is 7.66. The highest BCUT2D eigenvalue weighted by Gasteiger charge is 2.80. The van der Waals surface area contributed by atoms with Gasteiger partial charge in [-0.15, -0.1) is 22.7 Å². The van der Waals surface area contributed by atoms with Gasteiger partial charge in [0.25, 0.3) is 0 Å². The molecule has 0 saturated carbocycles. The maximum atomic E-state index is 15.8. The average Bonchev–Trinajstić information content (AvgIpc) is 3.44. The van der Waals surface area contributed by atoms with Crippen LogP contribution in [0.5, 0.6) is 0 Å². The molecule has 0 radical (unpaired) electrons. The van der Waals surface area contributed by atoms with E-state index in [2.05, 4.69) is 0 Å². The number of hydrogen-bond donors (Lipinski definition) is 0. The van der Waals surface area contributed by atoms with Crippen LogP contribution in [0.4, 0.5) is 26.3 Å². The van der Waals surface area contributed by atoms with Crippen LogP contribution in [-0.2, 0) is 12.8 Å². The molecule has 0 aliphatic heterocycles. The van der Waals surface area contributed by atoms with Gasteiger partial charge in [-0.2, -0.15) is 26.3 Å². The Hall–Kier alpha value is -2.32. The summed E-state index contributed by atoms with van der Waals surface area (Å²) in [7, 11) is 0. The largest absolute Gasteiger partial charge is 0.380 e. The van der Waals surface area contributed by atoms with Gasteiger partial charge >= 0.3 is 17.8 Å². The maximum absolute atomic E-state index is 15.8. The topological polar surface area (TPSA) is 0 Å². The molecule has 0 saturated heterocycles. The van der Waals surface area contributed by atoms with Gasteiger partial charge in [-0.1, -0.05) is 63.1 Å². The van der Waals surface area contributed by atoms with Crippen molar-refractivity contribution in [1.29, 1.82) is 0 Å². The first-order valence-corrected chi connectivity index (χ1v) is 14.1. The van der Waals surface area contributed by atoms with Gasteiger partial charge in [-0.3, -0.25) is 0 Å². The zero-order chi connectivity index (χ0) is 26.6. The minimum absolute atomic E-state index is 0.150. The molecule has 1 aliphatic rings. The van der Waals surface area contributed by atoms with Crippen molar-refractivity contribution in [3.63, 3.8) is 0 Å². The highest BCUT2D eigenvalue weighted by Crippen LogP contribution is 2.67. The molecule has 0 spiro atoms. The Morgan fingerprint density at radius 3 is 1.35 bits per heavy atom. The number of thiophene rings is 2. The fourth-order valence-electron chi connectivity index (χ4n) is 5.16. The molecule has 4 aromatic rings. The fraction of sp³-hybridized carbons (Fsp3) is 0.379. The summed E-state index contributed by atoms with van der Waals surface area (Å²) in [5.41, 5.74) is -2.73.